The molecule has 5 heteroatoms. The number of nitrogens with one attached hydrogen (secondary N) is 1. The van der Waals surface area contributed by atoms with E-state index in [1.54, 1.807) is 24.3 Å². The highest BCUT2D eigenvalue weighted by Gasteiger charge is 2.48. The number of benzene rings is 2. The van der Waals surface area contributed by atoms with E-state index >= 15 is 0 Å². The minimum absolute atomic E-state index is 0.0420. The van der Waals surface area contributed by atoms with Crippen molar-refractivity contribution in [3.8, 4) is 5.75 Å². The number of carbonyl (C=O) groups excluding carboxylic acids is 1. The molecule has 1 amide bonds. The van der Waals surface area contributed by atoms with Crippen molar-refractivity contribution in [1.29, 1.82) is 0 Å². The van der Waals surface area contributed by atoms with E-state index < -0.39 is 17.6 Å². The Labute approximate surface area is 115 Å². The summed E-state index contributed by atoms with van der Waals surface area (Å²) >= 11 is 0. The molecule has 2 aromatic rings. The summed E-state index contributed by atoms with van der Waals surface area (Å²) in [5.74, 6) is -0.625. The number of phenols is 1. The number of carbonyl (C=O) groups is 1. The Morgan fingerprint density at radius 2 is 1.70 bits per heavy atom. The molecular weight excluding hydrogens is 258 g/mol. The second kappa shape index (κ2) is 4.33. The number of hydrogen-bond acceptors (Lipinski definition) is 4. The van der Waals surface area contributed by atoms with E-state index in [1.165, 1.54) is 24.3 Å². The highest BCUT2D eigenvalue weighted by molar-refractivity contribution is 5.99. The number of aliphatic hydroxyl groups is 2. The molecule has 1 heterocycles. The van der Waals surface area contributed by atoms with Crippen molar-refractivity contribution in [2.24, 2.45) is 0 Å². The maximum absolute atomic E-state index is 11.8. The summed E-state index contributed by atoms with van der Waals surface area (Å²) in [6, 6.07) is 12.5. The first-order valence-electron chi connectivity index (χ1n) is 6.14. The van der Waals surface area contributed by atoms with Crippen LogP contribution in [-0.4, -0.2) is 27.3 Å². The number of para-hydroxylation sites is 1. The van der Waals surface area contributed by atoms with E-state index in [4.69, 9.17) is 0 Å². The molecule has 0 fully saturated rings. The molecule has 0 unspecified atom stereocenters. The van der Waals surface area contributed by atoms with Crippen molar-refractivity contribution in [1.82, 2.24) is 0 Å². The lowest BCUT2D eigenvalue weighted by molar-refractivity contribution is -0.138. The van der Waals surface area contributed by atoms with Crippen molar-refractivity contribution >= 4 is 11.6 Å². The van der Waals surface area contributed by atoms with Gasteiger partial charge in [-0.15, -0.1) is 0 Å². The Morgan fingerprint density at radius 1 is 1.05 bits per heavy atom. The van der Waals surface area contributed by atoms with Gasteiger partial charge in [0, 0.05) is 11.3 Å². The number of fused-ring (bicyclic) bond motifs is 1. The molecule has 2 atom stereocenters. The lowest BCUT2D eigenvalue weighted by Gasteiger charge is -2.38. The van der Waals surface area contributed by atoms with Gasteiger partial charge in [0.2, 0.25) is 0 Å². The molecule has 0 spiro atoms. The smallest absolute Gasteiger partial charge is 0.256 e. The fourth-order valence-corrected chi connectivity index (χ4v) is 2.49. The number of aromatic hydroxyl groups is 1. The van der Waals surface area contributed by atoms with E-state index in [1.807, 2.05) is 0 Å². The Kier molecular flexibility index (Phi) is 2.74. The third-order valence-corrected chi connectivity index (χ3v) is 3.55. The number of amides is 1. The largest absolute Gasteiger partial charge is 0.508 e. The second-order valence-electron chi connectivity index (χ2n) is 4.75. The predicted octanol–water partition coefficient (Wildman–Crippen LogP) is 0.941. The average molecular weight is 271 g/mol. The summed E-state index contributed by atoms with van der Waals surface area (Å²) in [5, 5.41) is 33.0. The zero-order valence-electron chi connectivity index (χ0n) is 10.4. The van der Waals surface area contributed by atoms with Crippen LogP contribution in [0.3, 0.4) is 0 Å². The van der Waals surface area contributed by atoms with Crippen molar-refractivity contribution in [3.05, 3.63) is 59.7 Å². The van der Waals surface area contributed by atoms with Gasteiger partial charge < -0.3 is 20.6 Å². The number of aliphatic hydroxyl groups excluding tert-OH is 1. The maximum Gasteiger partial charge on any atom is 0.256 e. The van der Waals surface area contributed by atoms with Crippen LogP contribution in [0.15, 0.2) is 48.5 Å². The van der Waals surface area contributed by atoms with Gasteiger partial charge in [-0.1, -0.05) is 30.3 Å². The van der Waals surface area contributed by atoms with Gasteiger partial charge >= 0.3 is 0 Å². The van der Waals surface area contributed by atoms with E-state index in [9.17, 15) is 20.1 Å². The lowest BCUT2D eigenvalue weighted by atomic mass is 9.78. The Hall–Kier alpha value is -2.37. The zero-order chi connectivity index (χ0) is 14.3. The molecule has 0 saturated heterocycles. The van der Waals surface area contributed by atoms with Crippen LogP contribution in [0.4, 0.5) is 5.69 Å². The van der Waals surface area contributed by atoms with Gasteiger partial charge in [0.1, 0.15) is 5.75 Å². The molecule has 1 aliphatic rings. The van der Waals surface area contributed by atoms with Crippen molar-refractivity contribution < 1.29 is 20.1 Å². The molecule has 4 N–H and O–H groups in total. The van der Waals surface area contributed by atoms with Gasteiger partial charge in [-0.25, -0.2) is 0 Å². The molecule has 0 aliphatic carbocycles. The Balaban J connectivity index is 2.24. The highest BCUT2D eigenvalue weighted by Crippen LogP contribution is 2.41. The van der Waals surface area contributed by atoms with Crippen LogP contribution in [0.5, 0.6) is 5.75 Å². The third-order valence-electron chi connectivity index (χ3n) is 3.55. The van der Waals surface area contributed by atoms with E-state index in [2.05, 4.69) is 5.32 Å². The molecule has 0 bridgehead atoms. The first kappa shape index (κ1) is 12.7. The summed E-state index contributed by atoms with van der Waals surface area (Å²) in [7, 11) is 0. The van der Waals surface area contributed by atoms with Crippen LogP contribution in [0, 0.1) is 0 Å². The topological polar surface area (TPSA) is 89.8 Å². The molecule has 0 aromatic heterocycles. The number of anilines is 1. The fraction of sp³-hybridized carbons (Fsp3) is 0.133. The summed E-state index contributed by atoms with van der Waals surface area (Å²) in [4.78, 5) is 11.8. The standard InChI is InChI=1S/C15H13NO4/c17-10-7-5-9(6-8-10)15(20)11-3-1-2-4-12(11)16-14(19)13(15)18/h1-8,13,17-18,20H,(H,16,19)/t13-,15+/m1/s1. The molecular formula is C15H13NO4. The molecule has 3 rings (SSSR count). The molecule has 5 nitrogen and oxygen atoms in total. The van der Waals surface area contributed by atoms with Crippen LogP contribution >= 0.6 is 0 Å². The average Bonchev–Trinajstić information content (AvgIpc) is 2.46. The molecule has 20 heavy (non-hydrogen) atoms. The Bertz CT molecular complexity index is 668. The second-order valence-corrected chi connectivity index (χ2v) is 4.75. The van der Waals surface area contributed by atoms with Gasteiger partial charge in [-0.3, -0.25) is 4.79 Å². The maximum atomic E-state index is 11.8. The third kappa shape index (κ3) is 1.68. The van der Waals surface area contributed by atoms with Crippen LogP contribution in [0.25, 0.3) is 0 Å². The van der Waals surface area contributed by atoms with E-state index in [0.717, 1.165) is 0 Å². The summed E-state index contributed by atoms with van der Waals surface area (Å²) in [5.41, 5.74) is -0.631. The lowest BCUT2D eigenvalue weighted by Crippen LogP contribution is -2.51. The van der Waals surface area contributed by atoms with Crippen molar-refractivity contribution in [2.75, 3.05) is 5.32 Å². The quantitative estimate of drug-likeness (QED) is 0.621. The first-order valence-corrected chi connectivity index (χ1v) is 6.14. The molecule has 102 valence electrons. The van der Waals surface area contributed by atoms with Gasteiger partial charge in [-0.05, 0) is 23.8 Å². The van der Waals surface area contributed by atoms with Gasteiger partial charge in [0.15, 0.2) is 11.7 Å². The summed E-state index contributed by atoms with van der Waals surface area (Å²) in [6.07, 6.45) is -1.62. The SMILES string of the molecule is O=C1Nc2ccccc2[C@@](O)(c2ccc(O)cc2)[C@@H]1O. The Morgan fingerprint density at radius 3 is 2.40 bits per heavy atom. The van der Waals surface area contributed by atoms with E-state index in [-0.39, 0.29) is 5.75 Å². The van der Waals surface area contributed by atoms with Gasteiger partial charge in [0.25, 0.3) is 5.91 Å². The van der Waals surface area contributed by atoms with Gasteiger partial charge in [-0.2, -0.15) is 0 Å². The van der Waals surface area contributed by atoms with Crippen LogP contribution in [0.2, 0.25) is 0 Å². The van der Waals surface area contributed by atoms with Crippen LogP contribution < -0.4 is 5.32 Å². The molecule has 2 aromatic carbocycles. The van der Waals surface area contributed by atoms with Crippen molar-refractivity contribution in [3.63, 3.8) is 0 Å². The highest BCUT2D eigenvalue weighted by atomic mass is 16.4. The normalized spacial score (nSPS) is 24.9. The zero-order valence-corrected chi connectivity index (χ0v) is 10.4. The van der Waals surface area contributed by atoms with Gasteiger partial charge in [0.05, 0.1) is 0 Å². The first-order chi connectivity index (χ1) is 9.53. The fourth-order valence-electron chi connectivity index (χ4n) is 2.49. The molecule has 0 saturated carbocycles. The summed E-state index contributed by atoms with van der Waals surface area (Å²) < 4.78 is 0. The number of phenolic OH excluding ortho intramolecular Hbond substituents is 1. The van der Waals surface area contributed by atoms with Crippen LogP contribution in [0.1, 0.15) is 11.1 Å². The molecule has 0 radical (unpaired) electrons. The predicted molar refractivity (Wildman–Crippen MR) is 72.2 cm³/mol. The summed E-state index contributed by atoms with van der Waals surface area (Å²) in [6.45, 7) is 0. The monoisotopic (exact) mass is 271 g/mol. The number of hydrogen-bond donors (Lipinski definition) is 4. The molecule has 1 aliphatic heterocycles. The minimum Gasteiger partial charge on any atom is -0.508 e. The minimum atomic E-state index is -1.84. The van der Waals surface area contributed by atoms with E-state index in [0.29, 0.717) is 16.8 Å². The van der Waals surface area contributed by atoms with Crippen molar-refractivity contribution in [2.45, 2.75) is 11.7 Å². The van der Waals surface area contributed by atoms with Crippen LogP contribution in [-0.2, 0) is 10.4 Å². The number of rotatable bonds is 1.